The molecular formula is C11H24S. The highest BCUT2D eigenvalue weighted by Gasteiger charge is 2.26. The third-order valence-corrected chi connectivity index (χ3v) is 3.35. The predicted octanol–water partition coefficient (Wildman–Crippen LogP) is 3.83. The summed E-state index contributed by atoms with van der Waals surface area (Å²) in [5, 5.41) is 0. The van der Waals surface area contributed by atoms with E-state index in [4.69, 9.17) is 0 Å². The fourth-order valence-corrected chi connectivity index (χ4v) is 2.68. The Kier molecular flexibility index (Phi) is 5.31. The van der Waals surface area contributed by atoms with Crippen molar-refractivity contribution in [3.8, 4) is 0 Å². The molecular weight excluding hydrogens is 164 g/mol. The molecule has 1 aliphatic rings. The van der Waals surface area contributed by atoms with Crippen LogP contribution in [0, 0.1) is 23.7 Å². The first kappa shape index (κ1) is 12.3. The van der Waals surface area contributed by atoms with Crippen LogP contribution in [0.3, 0.4) is 0 Å². The van der Waals surface area contributed by atoms with Gasteiger partial charge in [-0.3, -0.25) is 0 Å². The lowest BCUT2D eigenvalue weighted by Crippen LogP contribution is -2.25. The molecule has 0 amide bonds. The van der Waals surface area contributed by atoms with E-state index in [1.54, 1.807) is 0 Å². The Morgan fingerprint density at radius 3 is 2.08 bits per heavy atom. The Labute approximate surface area is 84.6 Å². The van der Waals surface area contributed by atoms with Crippen LogP contribution in [-0.2, 0) is 0 Å². The molecule has 1 saturated carbocycles. The molecule has 1 heteroatoms. The second-order valence-electron chi connectivity index (χ2n) is 4.80. The quantitative estimate of drug-likeness (QED) is 0.587. The molecule has 0 aliphatic heterocycles. The maximum atomic E-state index is 2.43. The van der Waals surface area contributed by atoms with Gasteiger partial charge in [0.2, 0.25) is 0 Å². The lowest BCUT2D eigenvalue weighted by Gasteiger charge is -2.35. The van der Waals surface area contributed by atoms with Crippen molar-refractivity contribution < 1.29 is 0 Å². The number of rotatable bonds is 1. The smallest absolute Gasteiger partial charge is 0.0365 e. The predicted molar refractivity (Wildman–Crippen MR) is 60.9 cm³/mol. The zero-order valence-corrected chi connectivity index (χ0v) is 9.93. The molecule has 1 rings (SSSR count). The maximum absolute atomic E-state index is 2.43. The topological polar surface area (TPSA) is 0 Å². The minimum absolute atomic E-state index is 0. The Morgan fingerprint density at radius 1 is 1.08 bits per heavy atom. The van der Waals surface area contributed by atoms with E-state index in [2.05, 4.69) is 27.7 Å². The van der Waals surface area contributed by atoms with Crippen LogP contribution < -0.4 is 0 Å². The first-order valence-corrected chi connectivity index (χ1v) is 5.11. The molecule has 0 nitrogen and oxygen atoms in total. The highest BCUT2D eigenvalue weighted by atomic mass is 32.1. The second kappa shape index (κ2) is 5.16. The molecule has 0 radical (unpaired) electrons. The fraction of sp³-hybridized carbons (Fsp3) is 1.00. The first-order valence-electron chi connectivity index (χ1n) is 5.11. The van der Waals surface area contributed by atoms with Crippen molar-refractivity contribution in [2.75, 3.05) is 0 Å². The Hall–Kier alpha value is 0.350. The molecule has 0 aromatic rings. The summed E-state index contributed by atoms with van der Waals surface area (Å²) in [5.74, 6) is 3.86. The van der Waals surface area contributed by atoms with Gasteiger partial charge in [-0.15, -0.1) is 0 Å². The van der Waals surface area contributed by atoms with E-state index >= 15 is 0 Å². The average molecular weight is 188 g/mol. The van der Waals surface area contributed by atoms with Crippen molar-refractivity contribution >= 4 is 13.5 Å². The fourth-order valence-electron chi connectivity index (χ4n) is 2.68. The van der Waals surface area contributed by atoms with E-state index in [1.165, 1.54) is 19.3 Å². The van der Waals surface area contributed by atoms with Crippen LogP contribution in [0.15, 0.2) is 0 Å². The zero-order valence-electron chi connectivity index (χ0n) is 8.93. The number of hydrogen-bond donors (Lipinski definition) is 0. The summed E-state index contributed by atoms with van der Waals surface area (Å²) in [5.41, 5.74) is 0. The van der Waals surface area contributed by atoms with Gasteiger partial charge in [-0.05, 0) is 36.5 Å². The molecule has 1 fully saturated rings. The first-order chi connectivity index (χ1) is 5.11. The monoisotopic (exact) mass is 188 g/mol. The Bertz CT molecular complexity index is 120. The van der Waals surface area contributed by atoms with Gasteiger partial charge in [0.1, 0.15) is 0 Å². The van der Waals surface area contributed by atoms with Crippen molar-refractivity contribution in [1.29, 1.82) is 0 Å². The molecule has 1 aliphatic carbocycles. The van der Waals surface area contributed by atoms with E-state index in [0.717, 1.165) is 23.7 Å². The molecule has 0 heterocycles. The minimum atomic E-state index is 0. The summed E-state index contributed by atoms with van der Waals surface area (Å²) >= 11 is 0. The summed E-state index contributed by atoms with van der Waals surface area (Å²) in [6.07, 6.45) is 4.40. The Morgan fingerprint density at radius 2 is 1.67 bits per heavy atom. The van der Waals surface area contributed by atoms with Gasteiger partial charge in [0.15, 0.2) is 0 Å². The normalized spacial score (nSPS) is 36.2. The van der Waals surface area contributed by atoms with Crippen LogP contribution in [0.5, 0.6) is 0 Å². The van der Waals surface area contributed by atoms with Gasteiger partial charge in [-0.25, -0.2) is 0 Å². The van der Waals surface area contributed by atoms with Crippen molar-refractivity contribution in [3.63, 3.8) is 0 Å². The average Bonchev–Trinajstić information content (AvgIpc) is 1.85. The van der Waals surface area contributed by atoms with Crippen molar-refractivity contribution in [2.24, 2.45) is 23.7 Å². The highest BCUT2D eigenvalue weighted by molar-refractivity contribution is 7.59. The highest BCUT2D eigenvalue weighted by Crippen LogP contribution is 2.37. The van der Waals surface area contributed by atoms with Gasteiger partial charge < -0.3 is 0 Å². The van der Waals surface area contributed by atoms with Gasteiger partial charge in [0, 0.05) is 0 Å². The molecule has 12 heavy (non-hydrogen) atoms. The van der Waals surface area contributed by atoms with E-state index in [9.17, 15) is 0 Å². The lowest BCUT2D eigenvalue weighted by atomic mass is 9.71. The largest absolute Gasteiger partial charge is 0.197 e. The molecule has 3 unspecified atom stereocenters. The van der Waals surface area contributed by atoms with Crippen LogP contribution >= 0.6 is 13.5 Å². The molecule has 74 valence electrons. The number of hydrogen-bond acceptors (Lipinski definition) is 0. The standard InChI is InChI=1S/C11H22.H2S/c1-8(2)11-6-5-9(3)7-10(11)4;/h8-11H,5-7H2,1-4H3;1H2. The van der Waals surface area contributed by atoms with Crippen LogP contribution in [0.25, 0.3) is 0 Å². The molecule has 0 spiro atoms. The molecule has 0 bridgehead atoms. The van der Waals surface area contributed by atoms with Gasteiger partial charge >= 0.3 is 0 Å². The summed E-state index contributed by atoms with van der Waals surface area (Å²) in [7, 11) is 0. The summed E-state index contributed by atoms with van der Waals surface area (Å²) in [4.78, 5) is 0. The van der Waals surface area contributed by atoms with Gasteiger partial charge in [-0.1, -0.05) is 34.1 Å². The van der Waals surface area contributed by atoms with E-state index in [-0.39, 0.29) is 13.5 Å². The SMILES string of the molecule is CC1CCC(C(C)C)C(C)C1.S. The third-order valence-electron chi connectivity index (χ3n) is 3.35. The van der Waals surface area contributed by atoms with Crippen LogP contribution in [0.4, 0.5) is 0 Å². The summed E-state index contributed by atoms with van der Waals surface area (Å²) in [6, 6.07) is 0. The van der Waals surface area contributed by atoms with E-state index in [1.807, 2.05) is 0 Å². The third kappa shape index (κ3) is 3.01. The summed E-state index contributed by atoms with van der Waals surface area (Å²) in [6.45, 7) is 9.57. The van der Waals surface area contributed by atoms with E-state index in [0.29, 0.717) is 0 Å². The zero-order chi connectivity index (χ0) is 8.43. The second-order valence-corrected chi connectivity index (χ2v) is 4.80. The van der Waals surface area contributed by atoms with Gasteiger partial charge in [0.25, 0.3) is 0 Å². The van der Waals surface area contributed by atoms with Crippen molar-refractivity contribution in [3.05, 3.63) is 0 Å². The minimum Gasteiger partial charge on any atom is -0.197 e. The van der Waals surface area contributed by atoms with Crippen LogP contribution in [0.2, 0.25) is 0 Å². The van der Waals surface area contributed by atoms with Gasteiger partial charge in [-0.2, -0.15) is 13.5 Å². The lowest BCUT2D eigenvalue weighted by molar-refractivity contribution is 0.158. The summed E-state index contributed by atoms with van der Waals surface area (Å²) < 4.78 is 0. The van der Waals surface area contributed by atoms with Crippen LogP contribution in [0.1, 0.15) is 47.0 Å². The van der Waals surface area contributed by atoms with Crippen molar-refractivity contribution in [2.45, 2.75) is 47.0 Å². The molecule has 0 aromatic heterocycles. The molecule has 3 atom stereocenters. The molecule has 0 N–H and O–H groups in total. The Balaban J connectivity index is 0.00000121. The maximum Gasteiger partial charge on any atom is -0.0365 e. The van der Waals surface area contributed by atoms with Gasteiger partial charge in [0.05, 0.1) is 0 Å². The van der Waals surface area contributed by atoms with Crippen LogP contribution in [-0.4, -0.2) is 0 Å². The van der Waals surface area contributed by atoms with Crippen molar-refractivity contribution in [1.82, 2.24) is 0 Å². The van der Waals surface area contributed by atoms with E-state index < -0.39 is 0 Å². The molecule has 0 saturated heterocycles. The molecule has 0 aromatic carbocycles.